The molecule has 1 aromatic rings. The van der Waals surface area contributed by atoms with Crippen LogP contribution in [0.4, 0.5) is 5.69 Å². The zero-order chi connectivity index (χ0) is 17.5. The Kier molecular flexibility index (Phi) is 6.28. The van der Waals surface area contributed by atoms with E-state index in [1.807, 2.05) is 0 Å². The number of amides is 1. The van der Waals surface area contributed by atoms with Gasteiger partial charge in [0.1, 0.15) is 5.75 Å². The van der Waals surface area contributed by atoms with Gasteiger partial charge in [-0.15, -0.1) is 0 Å². The summed E-state index contributed by atoms with van der Waals surface area (Å²) in [7, 11) is 0. The summed E-state index contributed by atoms with van der Waals surface area (Å²) in [6.45, 7) is 6.80. The van der Waals surface area contributed by atoms with E-state index in [9.17, 15) is 14.9 Å². The molecule has 0 radical (unpaired) electrons. The van der Waals surface area contributed by atoms with E-state index in [-0.39, 0.29) is 11.6 Å². The van der Waals surface area contributed by atoms with Gasteiger partial charge < -0.3 is 19.5 Å². The predicted molar refractivity (Wildman–Crippen MR) is 85.7 cm³/mol. The van der Waals surface area contributed by atoms with Gasteiger partial charge in [-0.25, -0.2) is 0 Å². The van der Waals surface area contributed by atoms with Crippen LogP contribution >= 0.6 is 0 Å². The van der Waals surface area contributed by atoms with Gasteiger partial charge in [0.2, 0.25) is 5.91 Å². The first kappa shape index (κ1) is 17.9. The summed E-state index contributed by atoms with van der Waals surface area (Å²) in [5, 5.41) is 13.8. The Morgan fingerprint density at radius 3 is 2.79 bits per heavy atom. The molecule has 1 heterocycles. The van der Waals surface area contributed by atoms with Crippen LogP contribution in [0.25, 0.3) is 0 Å². The van der Waals surface area contributed by atoms with Crippen LogP contribution < -0.4 is 10.1 Å². The number of rotatable bonds is 8. The van der Waals surface area contributed by atoms with E-state index in [2.05, 4.69) is 11.9 Å². The van der Waals surface area contributed by atoms with Gasteiger partial charge >= 0.3 is 0 Å². The Hall–Kier alpha value is -2.45. The molecular formula is C16H20N2O6. The standard InChI is InChI=1S/C16H20N2O6/c1-11(2)15(19)17-6-3-7-22-12-4-5-14(18(20)21)13(10-12)16-23-8-9-24-16/h4-5,10,16H,1,3,6-9H2,2H3,(H,17,19). The monoisotopic (exact) mass is 336 g/mol. The highest BCUT2D eigenvalue weighted by molar-refractivity contribution is 5.91. The van der Waals surface area contributed by atoms with Crippen molar-refractivity contribution in [2.75, 3.05) is 26.4 Å². The molecule has 1 saturated heterocycles. The highest BCUT2D eigenvalue weighted by atomic mass is 16.7. The molecule has 130 valence electrons. The van der Waals surface area contributed by atoms with Gasteiger partial charge in [0.05, 0.1) is 30.3 Å². The molecule has 1 aromatic carbocycles. The van der Waals surface area contributed by atoms with Crippen LogP contribution in [-0.2, 0) is 14.3 Å². The Balaban J connectivity index is 1.91. The van der Waals surface area contributed by atoms with Crippen molar-refractivity contribution in [1.82, 2.24) is 5.32 Å². The van der Waals surface area contributed by atoms with E-state index < -0.39 is 11.2 Å². The van der Waals surface area contributed by atoms with Crippen LogP contribution in [0.5, 0.6) is 5.75 Å². The van der Waals surface area contributed by atoms with Gasteiger partial charge in [0.25, 0.3) is 5.69 Å². The minimum absolute atomic E-state index is 0.0667. The lowest BCUT2D eigenvalue weighted by Crippen LogP contribution is -2.25. The molecule has 2 rings (SSSR count). The molecule has 0 unspecified atom stereocenters. The highest BCUT2D eigenvalue weighted by Gasteiger charge is 2.27. The molecule has 0 aromatic heterocycles. The molecule has 24 heavy (non-hydrogen) atoms. The second-order valence-electron chi connectivity index (χ2n) is 5.29. The molecule has 1 aliphatic rings. The summed E-state index contributed by atoms with van der Waals surface area (Å²) in [6, 6.07) is 4.46. The number of hydrogen-bond acceptors (Lipinski definition) is 6. The maximum Gasteiger partial charge on any atom is 0.277 e. The first-order chi connectivity index (χ1) is 11.5. The summed E-state index contributed by atoms with van der Waals surface area (Å²) in [5.74, 6) is 0.295. The molecule has 0 atom stereocenters. The number of ether oxygens (including phenoxy) is 3. The van der Waals surface area contributed by atoms with Crippen LogP contribution in [-0.4, -0.2) is 37.2 Å². The predicted octanol–water partition coefficient (Wildman–Crippen LogP) is 2.10. The van der Waals surface area contributed by atoms with Crippen LogP contribution in [0, 0.1) is 10.1 Å². The van der Waals surface area contributed by atoms with Gasteiger partial charge in [-0.1, -0.05) is 6.58 Å². The van der Waals surface area contributed by atoms with Crippen LogP contribution in [0.1, 0.15) is 25.2 Å². The van der Waals surface area contributed by atoms with E-state index >= 15 is 0 Å². The fraction of sp³-hybridized carbons (Fsp3) is 0.438. The molecule has 1 aliphatic heterocycles. The smallest absolute Gasteiger partial charge is 0.277 e. The average Bonchev–Trinajstić information content (AvgIpc) is 3.08. The quantitative estimate of drug-likeness (QED) is 0.338. The van der Waals surface area contributed by atoms with Crippen molar-refractivity contribution in [2.24, 2.45) is 0 Å². The maximum absolute atomic E-state index is 11.3. The summed E-state index contributed by atoms with van der Waals surface area (Å²) >= 11 is 0. The van der Waals surface area contributed by atoms with E-state index in [0.717, 1.165) is 0 Å². The minimum Gasteiger partial charge on any atom is -0.494 e. The van der Waals surface area contributed by atoms with Crippen LogP contribution in [0.2, 0.25) is 0 Å². The fourth-order valence-corrected chi connectivity index (χ4v) is 2.13. The maximum atomic E-state index is 11.3. The zero-order valence-electron chi connectivity index (χ0n) is 13.4. The van der Waals surface area contributed by atoms with Crippen molar-refractivity contribution >= 4 is 11.6 Å². The third-order valence-corrected chi connectivity index (χ3v) is 3.33. The lowest BCUT2D eigenvalue weighted by Gasteiger charge is -2.12. The molecule has 1 fully saturated rings. The molecule has 0 saturated carbocycles. The molecule has 0 bridgehead atoms. The first-order valence-corrected chi connectivity index (χ1v) is 7.57. The van der Waals surface area contributed by atoms with Crippen molar-refractivity contribution in [2.45, 2.75) is 19.6 Å². The molecule has 1 N–H and O–H groups in total. The third kappa shape index (κ3) is 4.77. The first-order valence-electron chi connectivity index (χ1n) is 7.57. The SMILES string of the molecule is C=C(C)C(=O)NCCCOc1ccc([N+](=O)[O-])c(C2OCCO2)c1. The van der Waals surface area contributed by atoms with Gasteiger partial charge in [-0.2, -0.15) is 0 Å². The summed E-state index contributed by atoms with van der Waals surface area (Å²) in [5.41, 5.74) is 0.723. The largest absolute Gasteiger partial charge is 0.494 e. The number of carbonyl (C=O) groups is 1. The van der Waals surface area contributed by atoms with Crippen LogP contribution in [0.15, 0.2) is 30.4 Å². The number of benzene rings is 1. The minimum atomic E-state index is -0.746. The molecule has 1 amide bonds. The van der Waals surface area contributed by atoms with E-state index in [1.54, 1.807) is 13.0 Å². The van der Waals surface area contributed by atoms with E-state index in [1.165, 1.54) is 12.1 Å². The summed E-state index contributed by atoms with van der Waals surface area (Å²) in [4.78, 5) is 22.0. The molecular weight excluding hydrogens is 316 g/mol. The lowest BCUT2D eigenvalue weighted by molar-refractivity contribution is -0.386. The molecule has 0 spiro atoms. The van der Waals surface area contributed by atoms with Gasteiger partial charge in [0.15, 0.2) is 6.29 Å². The van der Waals surface area contributed by atoms with Crippen molar-refractivity contribution in [1.29, 1.82) is 0 Å². The Morgan fingerprint density at radius 1 is 1.46 bits per heavy atom. The second kappa shape index (κ2) is 8.42. The Bertz CT molecular complexity index is 625. The fourth-order valence-electron chi connectivity index (χ4n) is 2.13. The molecule has 0 aliphatic carbocycles. The lowest BCUT2D eigenvalue weighted by atomic mass is 10.1. The number of hydrogen-bond donors (Lipinski definition) is 1. The van der Waals surface area contributed by atoms with Crippen molar-refractivity contribution in [3.05, 3.63) is 46.0 Å². The second-order valence-corrected chi connectivity index (χ2v) is 5.29. The zero-order valence-corrected chi connectivity index (χ0v) is 13.4. The van der Waals surface area contributed by atoms with Gasteiger partial charge in [-0.3, -0.25) is 14.9 Å². The van der Waals surface area contributed by atoms with Crippen molar-refractivity contribution in [3.63, 3.8) is 0 Å². The number of nitrogens with zero attached hydrogens (tertiary/aromatic N) is 1. The van der Waals surface area contributed by atoms with Gasteiger partial charge in [0, 0.05) is 18.2 Å². The number of carbonyl (C=O) groups excluding carboxylic acids is 1. The number of nitro groups is 1. The van der Waals surface area contributed by atoms with Crippen LogP contribution in [0.3, 0.4) is 0 Å². The third-order valence-electron chi connectivity index (χ3n) is 3.33. The topological polar surface area (TPSA) is 99.9 Å². The molecule has 8 nitrogen and oxygen atoms in total. The van der Waals surface area contributed by atoms with Crippen molar-refractivity contribution < 1.29 is 23.9 Å². The van der Waals surface area contributed by atoms with Crippen molar-refractivity contribution in [3.8, 4) is 5.75 Å². The van der Waals surface area contributed by atoms with Gasteiger partial charge in [-0.05, 0) is 25.5 Å². The summed E-state index contributed by atoms with van der Waals surface area (Å²) in [6.07, 6.45) is -0.147. The normalized spacial score (nSPS) is 14.4. The van der Waals surface area contributed by atoms with E-state index in [4.69, 9.17) is 14.2 Å². The Labute approximate surface area is 139 Å². The van der Waals surface area contributed by atoms with E-state index in [0.29, 0.717) is 49.7 Å². The molecule has 8 heteroatoms. The Morgan fingerprint density at radius 2 is 2.17 bits per heavy atom. The number of nitro benzene ring substituents is 1. The average molecular weight is 336 g/mol. The summed E-state index contributed by atoms with van der Waals surface area (Å²) < 4.78 is 16.3. The highest BCUT2D eigenvalue weighted by Crippen LogP contribution is 2.33. The number of nitrogens with one attached hydrogen (secondary N) is 1.